The standard InChI is InChI=1S/C17H16IN3O2/c1-22-13-9-12(16-15(18)17(19)21-20-16)14(23-2)8-11(13)10-6-4-3-5-7-10/h3-9H,1-2H3,(H3,19,20,21). The number of H-pyrrole nitrogens is 1. The van der Waals surface area contributed by atoms with Crippen LogP contribution in [0.2, 0.25) is 0 Å². The Balaban J connectivity index is 2.22. The van der Waals surface area contributed by atoms with Gasteiger partial charge in [0.1, 0.15) is 11.5 Å². The van der Waals surface area contributed by atoms with Crippen LogP contribution in [-0.4, -0.2) is 24.4 Å². The van der Waals surface area contributed by atoms with Crippen molar-refractivity contribution in [2.75, 3.05) is 20.0 Å². The predicted octanol–water partition coefficient (Wildman–Crippen LogP) is 3.95. The highest BCUT2D eigenvalue weighted by molar-refractivity contribution is 14.1. The van der Waals surface area contributed by atoms with Gasteiger partial charge in [0.15, 0.2) is 5.82 Å². The summed E-state index contributed by atoms with van der Waals surface area (Å²) in [7, 11) is 3.30. The zero-order valence-corrected chi connectivity index (χ0v) is 14.9. The zero-order chi connectivity index (χ0) is 16.4. The van der Waals surface area contributed by atoms with Crippen molar-refractivity contribution in [1.29, 1.82) is 0 Å². The van der Waals surface area contributed by atoms with E-state index in [-0.39, 0.29) is 0 Å². The summed E-state index contributed by atoms with van der Waals surface area (Å²) in [5, 5.41) is 7.01. The number of nitrogen functional groups attached to an aromatic ring is 1. The van der Waals surface area contributed by atoms with Crippen LogP contribution in [0.25, 0.3) is 22.4 Å². The molecule has 3 aromatic rings. The van der Waals surface area contributed by atoms with Crippen molar-refractivity contribution in [2.24, 2.45) is 0 Å². The quantitative estimate of drug-likeness (QED) is 0.626. The number of ether oxygens (including phenoxy) is 2. The van der Waals surface area contributed by atoms with E-state index in [2.05, 4.69) is 32.8 Å². The Kier molecular flexibility index (Phi) is 4.42. The smallest absolute Gasteiger partial charge is 0.159 e. The van der Waals surface area contributed by atoms with Crippen LogP contribution in [0.5, 0.6) is 11.5 Å². The molecule has 1 aromatic heterocycles. The van der Waals surface area contributed by atoms with Gasteiger partial charge in [0.25, 0.3) is 0 Å². The van der Waals surface area contributed by atoms with E-state index < -0.39 is 0 Å². The van der Waals surface area contributed by atoms with Crippen LogP contribution in [0.15, 0.2) is 42.5 Å². The third-order valence-corrected chi connectivity index (χ3v) is 4.70. The second-order valence-electron chi connectivity index (χ2n) is 4.92. The summed E-state index contributed by atoms with van der Waals surface area (Å²) in [5.74, 6) is 1.95. The number of hydrogen-bond donors (Lipinski definition) is 2. The van der Waals surface area contributed by atoms with Crippen molar-refractivity contribution in [1.82, 2.24) is 10.2 Å². The highest BCUT2D eigenvalue weighted by Gasteiger charge is 2.18. The SMILES string of the molecule is COc1cc(-c2[nH]nc(N)c2I)c(OC)cc1-c1ccccc1. The van der Waals surface area contributed by atoms with Crippen LogP contribution in [0.4, 0.5) is 5.82 Å². The lowest BCUT2D eigenvalue weighted by atomic mass is 10.0. The third kappa shape index (κ3) is 2.86. The molecule has 0 amide bonds. The molecule has 0 unspecified atom stereocenters. The lowest BCUT2D eigenvalue weighted by Crippen LogP contribution is -1.95. The van der Waals surface area contributed by atoms with E-state index in [1.54, 1.807) is 14.2 Å². The number of nitrogens with zero attached hydrogens (tertiary/aromatic N) is 1. The van der Waals surface area contributed by atoms with Gasteiger partial charge in [-0.25, -0.2) is 0 Å². The lowest BCUT2D eigenvalue weighted by molar-refractivity contribution is 0.405. The molecule has 0 saturated carbocycles. The Morgan fingerprint density at radius 2 is 1.61 bits per heavy atom. The molecule has 3 N–H and O–H groups in total. The number of halogens is 1. The number of aromatic nitrogens is 2. The van der Waals surface area contributed by atoms with Gasteiger partial charge in [-0.2, -0.15) is 5.10 Å². The van der Waals surface area contributed by atoms with Crippen molar-refractivity contribution in [3.63, 3.8) is 0 Å². The maximum absolute atomic E-state index is 5.84. The molecule has 0 radical (unpaired) electrons. The summed E-state index contributed by atoms with van der Waals surface area (Å²) in [5.41, 5.74) is 9.55. The number of benzene rings is 2. The second kappa shape index (κ2) is 6.49. The minimum atomic E-state index is 0.466. The molecule has 0 fully saturated rings. The molecular weight excluding hydrogens is 405 g/mol. The summed E-state index contributed by atoms with van der Waals surface area (Å²) in [6.07, 6.45) is 0. The number of methoxy groups -OCH3 is 2. The number of rotatable bonds is 4. The van der Waals surface area contributed by atoms with E-state index in [0.717, 1.165) is 37.5 Å². The maximum atomic E-state index is 5.84. The fraction of sp³-hybridized carbons (Fsp3) is 0.118. The molecular formula is C17H16IN3O2. The molecule has 1 heterocycles. The van der Waals surface area contributed by atoms with Gasteiger partial charge < -0.3 is 15.2 Å². The number of nitrogens with one attached hydrogen (secondary N) is 1. The van der Waals surface area contributed by atoms with Crippen molar-refractivity contribution in [2.45, 2.75) is 0 Å². The van der Waals surface area contributed by atoms with Gasteiger partial charge in [0.2, 0.25) is 0 Å². The minimum absolute atomic E-state index is 0.466. The molecule has 0 spiro atoms. The van der Waals surface area contributed by atoms with Gasteiger partial charge in [-0.05, 0) is 40.3 Å². The molecule has 0 aliphatic heterocycles. The lowest BCUT2D eigenvalue weighted by Gasteiger charge is -2.14. The maximum Gasteiger partial charge on any atom is 0.159 e. The summed E-state index contributed by atoms with van der Waals surface area (Å²) in [6.45, 7) is 0. The highest BCUT2D eigenvalue weighted by Crippen LogP contribution is 2.41. The highest BCUT2D eigenvalue weighted by atomic mass is 127. The van der Waals surface area contributed by atoms with Gasteiger partial charge in [-0.3, -0.25) is 5.10 Å². The van der Waals surface area contributed by atoms with Crippen LogP contribution in [0.3, 0.4) is 0 Å². The molecule has 0 saturated heterocycles. The molecule has 2 aromatic carbocycles. The summed E-state index contributed by atoms with van der Waals surface area (Å²) in [6, 6.07) is 14.0. The number of aromatic amines is 1. The topological polar surface area (TPSA) is 73.2 Å². The van der Waals surface area contributed by atoms with E-state index in [0.29, 0.717) is 5.82 Å². The van der Waals surface area contributed by atoms with E-state index in [4.69, 9.17) is 15.2 Å². The molecule has 0 aliphatic rings. The Bertz CT molecular complexity index is 831. The molecule has 3 rings (SSSR count). The number of anilines is 1. The van der Waals surface area contributed by atoms with Gasteiger partial charge >= 0.3 is 0 Å². The average Bonchev–Trinajstić information content (AvgIpc) is 2.93. The molecule has 0 aliphatic carbocycles. The first kappa shape index (κ1) is 15.7. The van der Waals surface area contributed by atoms with E-state index in [1.807, 2.05) is 42.5 Å². The Hall–Kier alpha value is -2.22. The molecule has 6 heteroatoms. The monoisotopic (exact) mass is 421 g/mol. The molecule has 118 valence electrons. The molecule has 0 bridgehead atoms. The zero-order valence-electron chi connectivity index (χ0n) is 12.8. The minimum Gasteiger partial charge on any atom is -0.496 e. The first-order valence-corrected chi connectivity index (χ1v) is 8.04. The van der Waals surface area contributed by atoms with E-state index in [1.165, 1.54) is 0 Å². The number of hydrogen-bond acceptors (Lipinski definition) is 4. The average molecular weight is 421 g/mol. The van der Waals surface area contributed by atoms with Gasteiger partial charge in [0, 0.05) is 11.1 Å². The van der Waals surface area contributed by atoms with Crippen LogP contribution >= 0.6 is 22.6 Å². The fourth-order valence-electron chi connectivity index (χ4n) is 2.46. The van der Waals surface area contributed by atoms with Gasteiger partial charge in [-0.15, -0.1) is 0 Å². The van der Waals surface area contributed by atoms with Crippen LogP contribution in [0, 0.1) is 3.57 Å². The third-order valence-electron chi connectivity index (χ3n) is 3.61. The van der Waals surface area contributed by atoms with Crippen molar-refractivity contribution < 1.29 is 9.47 Å². The Morgan fingerprint density at radius 1 is 1.00 bits per heavy atom. The Labute approximate surface area is 148 Å². The van der Waals surface area contributed by atoms with Crippen LogP contribution in [-0.2, 0) is 0 Å². The van der Waals surface area contributed by atoms with E-state index >= 15 is 0 Å². The second-order valence-corrected chi connectivity index (χ2v) is 6.00. The molecule has 0 atom stereocenters. The first-order valence-electron chi connectivity index (χ1n) is 6.96. The van der Waals surface area contributed by atoms with Gasteiger partial charge in [-0.1, -0.05) is 30.3 Å². The van der Waals surface area contributed by atoms with Crippen molar-refractivity contribution in [3.8, 4) is 33.9 Å². The Morgan fingerprint density at radius 3 is 2.17 bits per heavy atom. The first-order chi connectivity index (χ1) is 11.2. The fourth-order valence-corrected chi connectivity index (χ4v) is 2.99. The predicted molar refractivity (Wildman–Crippen MR) is 99.7 cm³/mol. The van der Waals surface area contributed by atoms with E-state index in [9.17, 15) is 0 Å². The normalized spacial score (nSPS) is 10.6. The van der Waals surface area contributed by atoms with Gasteiger partial charge in [0.05, 0.1) is 23.5 Å². The van der Waals surface area contributed by atoms with Crippen LogP contribution < -0.4 is 15.2 Å². The van der Waals surface area contributed by atoms with Crippen LogP contribution in [0.1, 0.15) is 0 Å². The summed E-state index contributed by atoms with van der Waals surface area (Å²) < 4.78 is 12.0. The van der Waals surface area contributed by atoms with Crippen molar-refractivity contribution >= 4 is 28.4 Å². The molecule has 23 heavy (non-hydrogen) atoms. The largest absolute Gasteiger partial charge is 0.496 e. The number of nitrogens with two attached hydrogens (primary N) is 1. The summed E-state index contributed by atoms with van der Waals surface area (Å²) in [4.78, 5) is 0. The molecule has 5 nitrogen and oxygen atoms in total. The summed E-state index contributed by atoms with van der Waals surface area (Å²) >= 11 is 2.17. The van der Waals surface area contributed by atoms with Crippen molar-refractivity contribution in [3.05, 3.63) is 46.0 Å².